The molecule has 0 radical (unpaired) electrons. The molecule has 1 unspecified atom stereocenters. The van der Waals surface area contributed by atoms with Gasteiger partial charge in [0, 0.05) is 12.8 Å². The standard InChI is InChI=1S/C14H28O5S/c1-2-3-4-5-6-7-8-9-10-11-13(15)12-14(16)20(17,18)19/h14,16H,2-12H2,1H3,(H,17,18,19)/p-1. The number of hydrogen-bond donors (Lipinski definition) is 1. The fourth-order valence-corrected chi connectivity index (χ4v) is 2.42. The third-order valence-corrected chi connectivity index (χ3v) is 4.13. The van der Waals surface area contributed by atoms with E-state index in [1.807, 2.05) is 0 Å². The normalized spacial score (nSPS) is 13.3. The number of aliphatic hydroxyl groups is 1. The fraction of sp³-hybridized carbons (Fsp3) is 0.929. The lowest BCUT2D eigenvalue weighted by molar-refractivity contribution is -0.120. The van der Waals surface area contributed by atoms with Gasteiger partial charge in [-0.1, -0.05) is 58.3 Å². The van der Waals surface area contributed by atoms with Crippen molar-refractivity contribution in [3.05, 3.63) is 0 Å². The van der Waals surface area contributed by atoms with Crippen molar-refractivity contribution in [3.63, 3.8) is 0 Å². The molecule has 0 rings (SSSR count). The maximum Gasteiger partial charge on any atom is 0.150 e. The molecule has 0 bridgehead atoms. The topological polar surface area (TPSA) is 94.5 Å². The summed E-state index contributed by atoms with van der Waals surface area (Å²) in [4.78, 5) is 11.3. The van der Waals surface area contributed by atoms with Crippen LogP contribution in [-0.2, 0) is 14.9 Å². The first-order valence-corrected chi connectivity index (χ1v) is 8.99. The van der Waals surface area contributed by atoms with Crippen molar-refractivity contribution in [1.29, 1.82) is 0 Å². The SMILES string of the molecule is CCCCCCCCCCCC(=O)CC(O)S(=O)(=O)[O-]. The molecular weight excluding hydrogens is 280 g/mol. The number of Topliss-reactive ketones (excluding diaryl/α,β-unsaturated/α-hetero) is 1. The van der Waals surface area contributed by atoms with E-state index < -0.39 is 22.0 Å². The second kappa shape index (κ2) is 11.2. The zero-order valence-electron chi connectivity index (χ0n) is 12.3. The summed E-state index contributed by atoms with van der Waals surface area (Å²) in [6.45, 7) is 2.19. The van der Waals surface area contributed by atoms with Crippen LogP contribution in [0.3, 0.4) is 0 Å². The molecule has 0 aromatic carbocycles. The van der Waals surface area contributed by atoms with Crippen LogP contribution >= 0.6 is 0 Å². The van der Waals surface area contributed by atoms with Crippen LogP contribution < -0.4 is 0 Å². The maximum absolute atomic E-state index is 11.3. The van der Waals surface area contributed by atoms with E-state index in [1.165, 1.54) is 32.1 Å². The Hall–Kier alpha value is -0.460. The molecule has 0 aliphatic heterocycles. The van der Waals surface area contributed by atoms with E-state index in [9.17, 15) is 17.8 Å². The van der Waals surface area contributed by atoms with Crippen LogP contribution in [0.15, 0.2) is 0 Å². The molecule has 0 fully saturated rings. The minimum absolute atomic E-state index is 0.239. The lowest BCUT2D eigenvalue weighted by Gasteiger charge is -2.13. The predicted molar refractivity (Wildman–Crippen MR) is 77.2 cm³/mol. The Morgan fingerprint density at radius 1 is 1.00 bits per heavy atom. The Labute approximate surface area is 122 Å². The molecule has 120 valence electrons. The number of unbranched alkanes of at least 4 members (excludes halogenated alkanes) is 8. The molecule has 20 heavy (non-hydrogen) atoms. The molecule has 0 aliphatic carbocycles. The molecule has 0 saturated heterocycles. The van der Waals surface area contributed by atoms with Crippen molar-refractivity contribution in [2.24, 2.45) is 0 Å². The van der Waals surface area contributed by atoms with Crippen molar-refractivity contribution < 1.29 is 22.9 Å². The Bertz CT molecular complexity index is 351. The monoisotopic (exact) mass is 307 g/mol. The average Bonchev–Trinajstić information content (AvgIpc) is 2.35. The van der Waals surface area contributed by atoms with Crippen LogP contribution in [0.25, 0.3) is 0 Å². The smallest absolute Gasteiger partial charge is 0.150 e. The van der Waals surface area contributed by atoms with Gasteiger partial charge >= 0.3 is 0 Å². The predicted octanol–water partition coefficient (Wildman–Crippen LogP) is 2.73. The highest BCUT2D eigenvalue weighted by Gasteiger charge is 2.16. The molecule has 1 atom stereocenters. The van der Waals surface area contributed by atoms with Gasteiger partial charge in [0.15, 0.2) is 0 Å². The first-order valence-electron chi connectivity index (χ1n) is 7.52. The van der Waals surface area contributed by atoms with Crippen LogP contribution in [0.4, 0.5) is 0 Å². The van der Waals surface area contributed by atoms with Crippen molar-refractivity contribution >= 4 is 15.9 Å². The summed E-state index contributed by atoms with van der Waals surface area (Å²) in [5.74, 6) is -0.361. The summed E-state index contributed by atoms with van der Waals surface area (Å²) in [7, 11) is -4.76. The molecular formula is C14H27O5S-. The van der Waals surface area contributed by atoms with E-state index in [1.54, 1.807) is 0 Å². The second-order valence-corrected chi connectivity index (χ2v) is 6.80. The van der Waals surface area contributed by atoms with Crippen LogP contribution in [0.2, 0.25) is 0 Å². The van der Waals surface area contributed by atoms with Gasteiger partial charge in [-0.25, -0.2) is 8.42 Å². The molecule has 0 spiro atoms. The number of carbonyl (C=O) groups is 1. The summed E-state index contributed by atoms with van der Waals surface area (Å²) in [6.07, 6.45) is 9.83. The lowest BCUT2D eigenvalue weighted by atomic mass is 10.0. The van der Waals surface area contributed by atoms with Crippen LogP contribution in [0, 0.1) is 0 Å². The molecule has 6 heteroatoms. The minimum Gasteiger partial charge on any atom is -0.746 e. The van der Waals surface area contributed by atoms with Crippen molar-refractivity contribution in [2.45, 2.75) is 83.0 Å². The zero-order valence-corrected chi connectivity index (χ0v) is 13.2. The Balaban J connectivity index is 3.45. The number of rotatable bonds is 13. The van der Waals surface area contributed by atoms with Gasteiger partial charge in [0.05, 0.1) is 0 Å². The van der Waals surface area contributed by atoms with Gasteiger partial charge in [0.2, 0.25) is 0 Å². The average molecular weight is 307 g/mol. The highest BCUT2D eigenvalue weighted by Crippen LogP contribution is 2.12. The van der Waals surface area contributed by atoms with Gasteiger partial charge in [-0.3, -0.25) is 4.79 Å². The van der Waals surface area contributed by atoms with Gasteiger partial charge in [0.25, 0.3) is 0 Å². The van der Waals surface area contributed by atoms with Crippen LogP contribution in [0.1, 0.15) is 77.6 Å². The van der Waals surface area contributed by atoms with Gasteiger partial charge < -0.3 is 9.66 Å². The molecule has 0 aliphatic rings. The highest BCUT2D eigenvalue weighted by molar-refractivity contribution is 7.86. The van der Waals surface area contributed by atoms with Crippen LogP contribution in [0.5, 0.6) is 0 Å². The van der Waals surface area contributed by atoms with Gasteiger partial charge in [-0.05, 0) is 6.42 Å². The summed E-state index contributed by atoms with van der Waals surface area (Å²) in [5.41, 5.74) is -2.09. The molecule has 0 amide bonds. The molecule has 1 N–H and O–H groups in total. The van der Waals surface area contributed by atoms with E-state index in [2.05, 4.69) is 6.92 Å². The first-order chi connectivity index (χ1) is 9.38. The first kappa shape index (κ1) is 19.5. The third kappa shape index (κ3) is 11.4. The number of hydrogen-bond acceptors (Lipinski definition) is 5. The molecule has 0 aromatic heterocycles. The van der Waals surface area contributed by atoms with Gasteiger partial charge in [-0.2, -0.15) is 0 Å². The maximum atomic E-state index is 11.3. The quantitative estimate of drug-likeness (QED) is 0.417. The number of aliphatic hydroxyl groups excluding tert-OH is 1. The summed E-state index contributed by atoms with van der Waals surface area (Å²) >= 11 is 0. The molecule has 0 saturated carbocycles. The summed E-state index contributed by atoms with van der Waals surface area (Å²) in [5, 5.41) is 8.98. The van der Waals surface area contributed by atoms with Crippen molar-refractivity contribution in [2.75, 3.05) is 0 Å². The summed E-state index contributed by atoms with van der Waals surface area (Å²) in [6, 6.07) is 0. The number of ketones is 1. The third-order valence-electron chi connectivity index (χ3n) is 3.29. The van der Waals surface area contributed by atoms with E-state index in [4.69, 9.17) is 5.11 Å². The molecule has 0 aromatic rings. The van der Waals surface area contributed by atoms with Crippen molar-refractivity contribution in [1.82, 2.24) is 0 Å². The summed E-state index contributed by atoms with van der Waals surface area (Å²) < 4.78 is 31.3. The Morgan fingerprint density at radius 2 is 1.45 bits per heavy atom. The van der Waals surface area contributed by atoms with Crippen molar-refractivity contribution in [3.8, 4) is 0 Å². The van der Waals surface area contributed by atoms with E-state index in [-0.39, 0.29) is 12.2 Å². The Morgan fingerprint density at radius 3 is 1.90 bits per heavy atom. The minimum atomic E-state index is -4.76. The molecule has 0 heterocycles. The van der Waals surface area contributed by atoms with E-state index in [0.717, 1.165) is 19.3 Å². The van der Waals surface area contributed by atoms with E-state index in [0.29, 0.717) is 6.42 Å². The highest BCUT2D eigenvalue weighted by atomic mass is 32.2. The van der Waals surface area contributed by atoms with Crippen LogP contribution in [-0.4, -0.2) is 29.3 Å². The zero-order chi connectivity index (χ0) is 15.4. The fourth-order valence-electron chi connectivity index (χ4n) is 2.03. The second-order valence-electron chi connectivity index (χ2n) is 5.27. The van der Waals surface area contributed by atoms with E-state index >= 15 is 0 Å². The Kier molecular flexibility index (Phi) is 11.0. The molecule has 5 nitrogen and oxygen atoms in total. The lowest BCUT2D eigenvalue weighted by Crippen LogP contribution is -2.23. The largest absolute Gasteiger partial charge is 0.746 e. The number of carbonyl (C=O) groups excluding carboxylic acids is 1. The van der Waals surface area contributed by atoms with Gasteiger partial charge in [-0.15, -0.1) is 0 Å². The van der Waals surface area contributed by atoms with Gasteiger partial charge in [0.1, 0.15) is 21.3 Å².